The molecule has 1 heterocycles. The Bertz CT molecular complexity index is 1030. The van der Waals surface area contributed by atoms with Crippen LogP contribution in [-0.2, 0) is 4.79 Å². The van der Waals surface area contributed by atoms with Gasteiger partial charge in [0, 0.05) is 24.6 Å². The number of aromatic amines is 1. The number of benzene rings is 2. The quantitative estimate of drug-likeness (QED) is 0.522. The third-order valence-corrected chi connectivity index (χ3v) is 6.30. The number of nitrogens with one attached hydrogen (secondary N) is 2. The molecule has 6 nitrogen and oxygen atoms in total. The van der Waals surface area contributed by atoms with Crippen molar-refractivity contribution in [2.45, 2.75) is 46.0 Å². The van der Waals surface area contributed by atoms with Gasteiger partial charge in [-0.1, -0.05) is 19.3 Å². The van der Waals surface area contributed by atoms with E-state index in [2.05, 4.69) is 35.1 Å². The van der Waals surface area contributed by atoms with E-state index in [1.165, 1.54) is 6.42 Å². The summed E-state index contributed by atoms with van der Waals surface area (Å²) in [5, 5.41) is 3.24. The molecule has 31 heavy (non-hydrogen) atoms. The predicted molar refractivity (Wildman–Crippen MR) is 127 cm³/mol. The molecule has 6 heteroatoms. The van der Waals surface area contributed by atoms with Crippen LogP contribution in [0.1, 0.15) is 46.0 Å². The number of amides is 1. The van der Waals surface area contributed by atoms with Crippen LogP contribution in [-0.4, -0.2) is 36.1 Å². The minimum absolute atomic E-state index is 0.116. The Kier molecular flexibility index (Phi) is 6.44. The van der Waals surface area contributed by atoms with Gasteiger partial charge in [-0.2, -0.15) is 0 Å². The number of methoxy groups -OCH3 is 1. The molecule has 1 amide bonds. The van der Waals surface area contributed by atoms with Crippen LogP contribution in [0.5, 0.6) is 5.75 Å². The summed E-state index contributed by atoms with van der Waals surface area (Å²) in [4.78, 5) is 23.5. The van der Waals surface area contributed by atoms with Crippen molar-refractivity contribution in [2.24, 2.45) is 5.92 Å². The highest BCUT2D eigenvalue weighted by molar-refractivity contribution is 5.99. The van der Waals surface area contributed by atoms with Gasteiger partial charge in [0.15, 0.2) is 0 Å². The Morgan fingerprint density at radius 2 is 1.84 bits per heavy atom. The number of ether oxygens (including phenoxy) is 1. The molecule has 0 radical (unpaired) electrons. The molecule has 4 rings (SSSR count). The van der Waals surface area contributed by atoms with E-state index in [0.717, 1.165) is 78.3 Å². The second kappa shape index (κ2) is 9.41. The summed E-state index contributed by atoms with van der Waals surface area (Å²) in [6.45, 7) is 6.00. The molecule has 1 aromatic heterocycles. The first kappa shape index (κ1) is 21.2. The number of fused-ring (bicyclic) bond motifs is 1. The summed E-state index contributed by atoms with van der Waals surface area (Å²) >= 11 is 0. The van der Waals surface area contributed by atoms with Crippen molar-refractivity contribution in [3.05, 3.63) is 36.4 Å². The molecule has 0 saturated heterocycles. The van der Waals surface area contributed by atoms with Gasteiger partial charge in [-0.3, -0.25) is 4.79 Å². The van der Waals surface area contributed by atoms with Gasteiger partial charge in [0.1, 0.15) is 11.6 Å². The summed E-state index contributed by atoms with van der Waals surface area (Å²) in [5.41, 5.74) is 4.68. The number of hydrogen-bond donors (Lipinski definition) is 2. The number of carbonyl (C=O) groups is 1. The largest absolute Gasteiger partial charge is 0.497 e. The molecule has 164 valence electrons. The average Bonchev–Trinajstić information content (AvgIpc) is 3.23. The van der Waals surface area contributed by atoms with Gasteiger partial charge in [0.2, 0.25) is 5.91 Å². The molecule has 0 aliphatic heterocycles. The summed E-state index contributed by atoms with van der Waals surface area (Å²) in [7, 11) is 1.66. The molecule has 3 aromatic rings. The summed E-state index contributed by atoms with van der Waals surface area (Å²) < 4.78 is 5.26. The maximum atomic E-state index is 13.0. The number of imidazole rings is 1. The van der Waals surface area contributed by atoms with E-state index in [-0.39, 0.29) is 11.8 Å². The first-order valence-electron chi connectivity index (χ1n) is 11.4. The minimum Gasteiger partial charge on any atom is -0.497 e. The summed E-state index contributed by atoms with van der Waals surface area (Å²) in [6.07, 6.45) is 5.50. The van der Waals surface area contributed by atoms with Crippen LogP contribution < -0.4 is 15.0 Å². The van der Waals surface area contributed by atoms with Crippen LogP contribution in [0.2, 0.25) is 0 Å². The van der Waals surface area contributed by atoms with E-state index < -0.39 is 0 Å². The molecule has 0 spiro atoms. The van der Waals surface area contributed by atoms with Crippen molar-refractivity contribution in [3.8, 4) is 17.1 Å². The third kappa shape index (κ3) is 4.53. The number of anilines is 2. The fourth-order valence-electron chi connectivity index (χ4n) is 4.46. The zero-order chi connectivity index (χ0) is 21.8. The second-order valence-electron chi connectivity index (χ2n) is 8.20. The smallest absolute Gasteiger partial charge is 0.227 e. The van der Waals surface area contributed by atoms with Crippen molar-refractivity contribution in [2.75, 3.05) is 30.4 Å². The third-order valence-electron chi connectivity index (χ3n) is 6.30. The molecule has 0 bridgehead atoms. The first-order valence-corrected chi connectivity index (χ1v) is 11.4. The molecule has 0 unspecified atom stereocenters. The Balaban J connectivity index is 1.70. The van der Waals surface area contributed by atoms with Crippen molar-refractivity contribution in [1.29, 1.82) is 0 Å². The van der Waals surface area contributed by atoms with Crippen LogP contribution in [0.25, 0.3) is 22.4 Å². The van der Waals surface area contributed by atoms with Crippen LogP contribution in [0, 0.1) is 5.92 Å². The maximum Gasteiger partial charge on any atom is 0.227 e. The first-order chi connectivity index (χ1) is 15.1. The van der Waals surface area contributed by atoms with E-state index in [9.17, 15) is 4.79 Å². The Labute approximate surface area is 184 Å². The number of aromatic nitrogens is 2. The van der Waals surface area contributed by atoms with Crippen LogP contribution in [0.4, 0.5) is 11.4 Å². The van der Waals surface area contributed by atoms with Crippen LogP contribution in [0.15, 0.2) is 36.4 Å². The van der Waals surface area contributed by atoms with Gasteiger partial charge in [-0.15, -0.1) is 0 Å². The second-order valence-corrected chi connectivity index (χ2v) is 8.20. The van der Waals surface area contributed by atoms with E-state index >= 15 is 0 Å². The molecule has 1 fully saturated rings. The van der Waals surface area contributed by atoms with Gasteiger partial charge in [0.25, 0.3) is 0 Å². The van der Waals surface area contributed by atoms with E-state index in [4.69, 9.17) is 9.72 Å². The van der Waals surface area contributed by atoms with Crippen molar-refractivity contribution in [1.82, 2.24) is 9.97 Å². The highest BCUT2D eigenvalue weighted by atomic mass is 16.5. The zero-order valence-corrected chi connectivity index (χ0v) is 18.7. The van der Waals surface area contributed by atoms with Crippen LogP contribution in [0.3, 0.4) is 0 Å². The summed E-state index contributed by atoms with van der Waals surface area (Å²) in [6, 6.07) is 12.0. The lowest BCUT2D eigenvalue weighted by molar-refractivity contribution is -0.120. The molecule has 2 aromatic carbocycles. The van der Waals surface area contributed by atoms with Gasteiger partial charge >= 0.3 is 0 Å². The highest BCUT2D eigenvalue weighted by Crippen LogP contribution is 2.34. The summed E-state index contributed by atoms with van der Waals surface area (Å²) in [5.74, 6) is 1.88. The Hall–Kier alpha value is -3.02. The van der Waals surface area contributed by atoms with Gasteiger partial charge in [-0.25, -0.2) is 4.98 Å². The monoisotopic (exact) mass is 420 g/mol. The van der Waals surface area contributed by atoms with Gasteiger partial charge in [0.05, 0.1) is 29.5 Å². The topological polar surface area (TPSA) is 70.2 Å². The lowest BCUT2D eigenvalue weighted by Gasteiger charge is -2.26. The number of hydrogen-bond acceptors (Lipinski definition) is 4. The average molecular weight is 421 g/mol. The van der Waals surface area contributed by atoms with E-state index in [0.29, 0.717) is 0 Å². The molecular weight excluding hydrogens is 388 g/mol. The number of nitrogens with zero attached hydrogens (tertiary/aromatic N) is 2. The zero-order valence-electron chi connectivity index (χ0n) is 18.7. The predicted octanol–water partition coefficient (Wildman–Crippen LogP) is 5.60. The lowest BCUT2D eigenvalue weighted by atomic mass is 9.88. The number of carbonyl (C=O) groups excluding carboxylic acids is 1. The van der Waals surface area contributed by atoms with Crippen molar-refractivity contribution in [3.63, 3.8) is 0 Å². The maximum absolute atomic E-state index is 13.0. The van der Waals surface area contributed by atoms with Crippen molar-refractivity contribution >= 4 is 28.3 Å². The standard InChI is InChI=1S/C25H32N4O2/c1-4-29(5-2)23-16-21-20(15-22(23)28-25(30)18-9-7-6-8-10-18)26-24(27-21)17-11-13-19(31-3)14-12-17/h11-16,18H,4-10H2,1-3H3,(H,26,27)(H,28,30). The molecular formula is C25H32N4O2. The lowest BCUT2D eigenvalue weighted by Crippen LogP contribution is -2.27. The Morgan fingerprint density at radius 3 is 2.48 bits per heavy atom. The molecule has 1 aliphatic rings. The van der Waals surface area contributed by atoms with E-state index in [1.807, 2.05) is 30.3 Å². The molecule has 2 N–H and O–H groups in total. The fourth-order valence-corrected chi connectivity index (χ4v) is 4.46. The van der Waals surface area contributed by atoms with Gasteiger partial charge in [-0.05, 0) is 63.1 Å². The minimum atomic E-state index is 0.116. The van der Waals surface area contributed by atoms with Crippen molar-refractivity contribution < 1.29 is 9.53 Å². The van der Waals surface area contributed by atoms with Gasteiger partial charge < -0.3 is 19.9 Å². The normalized spacial score (nSPS) is 14.5. The number of rotatable bonds is 7. The SMILES string of the molecule is CCN(CC)c1cc2nc(-c3ccc(OC)cc3)[nH]c2cc1NC(=O)C1CCCCC1. The van der Waals surface area contributed by atoms with E-state index in [1.54, 1.807) is 7.11 Å². The molecule has 0 atom stereocenters. The fraction of sp³-hybridized carbons (Fsp3) is 0.440. The van der Waals surface area contributed by atoms with Crippen LogP contribution >= 0.6 is 0 Å². The highest BCUT2D eigenvalue weighted by Gasteiger charge is 2.23. The Morgan fingerprint density at radius 1 is 1.13 bits per heavy atom. The number of H-pyrrole nitrogens is 1. The molecule has 1 aliphatic carbocycles. The molecule has 1 saturated carbocycles.